The van der Waals surface area contributed by atoms with Gasteiger partial charge >= 0.3 is 12.3 Å². The maximum Gasteiger partial charge on any atom is 0.573 e. The second-order valence-electron chi connectivity index (χ2n) is 7.88. The molecule has 2 aromatic carbocycles. The fraction of sp³-hybridized carbons (Fsp3) is 0.364. The van der Waals surface area contributed by atoms with Crippen LogP contribution in [-0.2, 0) is 24.3 Å². The molecule has 2 aromatic rings. The van der Waals surface area contributed by atoms with Gasteiger partial charge in [0.1, 0.15) is 25.0 Å². The average Bonchev–Trinajstić information content (AvgIpc) is 2.81. The second kappa shape index (κ2) is 11.0. The lowest BCUT2D eigenvalue weighted by Crippen LogP contribution is -2.45. The molecule has 0 bridgehead atoms. The highest BCUT2D eigenvalue weighted by atomic mass is 32.2. The van der Waals surface area contributed by atoms with E-state index in [1.54, 1.807) is 13.8 Å². The molecular weight excluding hydrogens is 509 g/mol. The number of nitrogens with one attached hydrogen (secondary N) is 2. The number of hydrogen-bond donors (Lipinski definition) is 2. The molecule has 0 fully saturated rings. The van der Waals surface area contributed by atoms with Gasteiger partial charge in [0.05, 0.1) is 4.90 Å². The van der Waals surface area contributed by atoms with Crippen LogP contribution < -0.4 is 24.2 Å². The van der Waals surface area contributed by atoms with Crippen LogP contribution in [0.15, 0.2) is 47.4 Å². The minimum atomic E-state index is -4.85. The summed E-state index contributed by atoms with van der Waals surface area (Å²) in [4.78, 5) is 24.5. The van der Waals surface area contributed by atoms with Crippen LogP contribution in [-0.4, -0.2) is 52.5 Å². The van der Waals surface area contributed by atoms with Crippen molar-refractivity contribution >= 4 is 27.6 Å². The molecule has 0 radical (unpaired) electrons. The molecule has 1 amide bonds. The van der Waals surface area contributed by atoms with Crippen molar-refractivity contribution in [2.45, 2.75) is 31.1 Å². The Labute approximate surface area is 204 Å². The number of benzene rings is 2. The van der Waals surface area contributed by atoms with Crippen LogP contribution in [0.4, 0.5) is 18.9 Å². The smallest absolute Gasteiger partial charge is 0.486 e. The summed E-state index contributed by atoms with van der Waals surface area (Å²) in [7, 11) is -4.17. The molecule has 0 unspecified atom stereocenters. The van der Waals surface area contributed by atoms with Crippen LogP contribution in [0.3, 0.4) is 0 Å². The first-order valence-electron chi connectivity index (χ1n) is 10.6. The van der Waals surface area contributed by atoms with E-state index in [1.165, 1.54) is 30.3 Å². The lowest BCUT2D eigenvalue weighted by atomic mass is 10.1. The summed E-state index contributed by atoms with van der Waals surface area (Å²) in [5.41, 5.74) is 0.130. The summed E-state index contributed by atoms with van der Waals surface area (Å²) >= 11 is 0. The highest BCUT2D eigenvalue weighted by molar-refractivity contribution is 7.89. The van der Waals surface area contributed by atoms with Gasteiger partial charge in [-0.25, -0.2) is 8.42 Å². The van der Waals surface area contributed by atoms with E-state index in [0.29, 0.717) is 12.4 Å². The van der Waals surface area contributed by atoms with Crippen molar-refractivity contribution in [2.75, 3.05) is 25.1 Å². The molecule has 1 aliphatic heterocycles. The van der Waals surface area contributed by atoms with Crippen molar-refractivity contribution in [2.24, 2.45) is 5.92 Å². The Morgan fingerprint density at radius 1 is 1.03 bits per heavy atom. The van der Waals surface area contributed by atoms with Gasteiger partial charge in [0.25, 0.3) is 5.91 Å². The van der Waals surface area contributed by atoms with Crippen LogP contribution in [0.5, 0.6) is 17.2 Å². The largest absolute Gasteiger partial charge is 0.573 e. The second-order valence-corrected chi connectivity index (χ2v) is 9.59. The Kier molecular flexibility index (Phi) is 8.30. The summed E-state index contributed by atoms with van der Waals surface area (Å²) in [5.74, 6) is -2.14. The highest BCUT2D eigenvalue weighted by Gasteiger charge is 2.32. The number of fused-ring (bicyclic) bond motifs is 1. The molecule has 0 aromatic heterocycles. The molecule has 14 heteroatoms. The molecule has 36 heavy (non-hydrogen) atoms. The first-order valence-corrected chi connectivity index (χ1v) is 12.1. The topological polar surface area (TPSA) is 129 Å². The number of amides is 1. The summed E-state index contributed by atoms with van der Waals surface area (Å²) in [6.07, 6.45) is -4.85. The molecule has 0 aliphatic carbocycles. The van der Waals surface area contributed by atoms with Crippen LogP contribution >= 0.6 is 0 Å². The summed E-state index contributed by atoms with van der Waals surface area (Å²) in [6, 6.07) is 7.04. The van der Waals surface area contributed by atoms with E-state index in [-0.39, 0.29) is 22.9 Å². The summed E-state index contributed by atoms with van der Waals surface area (Å²) < 4.78 is 84.1. The van der Waals surface area contributed by atoms with E-state index < -0.39 is 52.6 Å². The minimum Gasteiger partial charge on any atom is -0.486 e. The fourth-order valence-corrected chi connectivity index (χ4v) is 4.39. The number of hydrogen-bond acceptors (Lipinski definition) is 8. The standard InChI is InChI=1S/C22H23F3N2O8S/c1-13(2)20(27-36(30,31)16-7-8-17-18(11-16)33-10-9-32-17)21(29)34-12-19(28)26-14-3-5-15(6-4-14)35-22(23,24)25/h3-8,11,13,20,27H,9-10,12H2,1-2H3,(H,26,28)/t20-/m1/s1. The van der Waals surface area contributed by atoms with Crippen molar-refractivity contribution in [1.29, 1.82) is 0 Å². The molecule has 0 saturated carbocycles. The zero-order chi connectivity index (χ0) is 26.5. The number of alkyl halides is 3. The zero-order valence-corrected chi connectivity index (χ0v) is 19.9. The van der Waals surface area contributed by atoms with E-state index in [1.807, 2.05) is 0 Å². The first kappa shape index (κ1) is 27.1. The molecule has 0 saturated heterocycles. The predicted molar refractivity (Wildman–Crippen MR) is 119 cm³/mol. The minimum absolute atomic E-state index is 0.130. The molecule has 2 N–H and O–H groups in total. The number of carbonyl (C=O) groups is 2. The Hall–Kier alpha value is -3.52. The van der Waals surface area contributed by atoms with Gasteiger partial charge in [-0.15, -0.1) is 13.2 Å². The highest BCUT2D eigenvalue weighted by Crippen LogP contribution is 2.32. The Balaban J connectivity index is 1.58. The lowest BCUT2D eigenvalue weighted by molar-refractivity contribution is -0.274. The molecular formula is C22H23F3N2O8S. The van der Waals surface area contributed by atoms with Crippen molar-refractivity contribution in [3.63, 3.8) is 0 Å². The number of ether oxygens (including phenoxy) is 4. The molecule has 1 heterocycles. The Bertz CT molecular complexity index is 1200. The van der Waals surface area contributed by atoms with E-state index in [2.05, 4.69) is 14.8 Å². The van der Waals surface area contributed by atoms with Gasteiger partial charge in [0.15, 0.2) is 18.1 Å². The third kappa shape index (κ3) is 7.49. The maximum atomic E-state index is 12.9. The SMILES string of the molecule is CC(C)[C@@H](NS(=O)(=O)c1ccc2c(c1)OCCO2)C(=O)OCC(=O)Nc1ccc(OC(F)(F)F)cc1. The van der Waals surface area contributed by atoms with E-state index in [4.69, 9.17) is 14.2 Å². The number of anilines is 1. The third-order valence-corrected chi connectivity index (χ3v) is 6.18. The number of carbonyl (C=O) groups excluding carboxylic acids is 2. The summed E-state index contributed by atoms with van der Waals surface area (Å²) in [6.45, 7) is 3.02. The fourth-order valence-electron chi connectivity index (χ4n) is 3.05. The number of esters is 1. The van der Waals surface area contributed by atoms with Gasteiger partial charge in [-0.1, -0.05) is 13.8 Å². The number of rotatable bonds is 9. The first-order chi connectivity index (χ1) is 16.8. The van der Waals surface area contributed by atoms with Crippen molar-refractivity contribution in [3.8, 4) is 17.2 Å². The quantitative estimate of drug-likeness (QED) is 0.472. The van der Waals surface area contributed by atoms with E-state index in [9.17, 15) is 31.2 Å². The van der Waals surface area contributed by atoms with Crippen LogP contribution in [0.2, 0.25) is 0 Å². The van der Waals surface area contributed by atoms with Gasteiger partial charge < -0.3 is 24.3 Å². The van der Waals surface area contributed by atoms with E-state index in [0.717, 1.165) is 12.1 Å². The molecule has 0 spiro atoms. The zero-order valence-electron chi connectivity index (χ0n) is 19.1. The predicted octanol–water partition coefficient (Wildman–Crippen LogP) is 2.84. The normalized spacial score (nSPS) is 14.2. The van der Waals surface area contributed by atoms with Crippen LogP contribution in [0.25, 0.3) is 0 Å². The van der Waals surface area contributed by atoms with Gasteiger partial charge in [0, 0.05) is 11.8 Å². The monoisotopic (exact) mass is 532 g/mol. The van der Waals surface area contributed by atoms with Gasteiger partial charge in [0.2, 0.25) is 10.0 Å². The van der Waals surface area contributed by atoms with E-state index >= 15 is 0 Å². The Morgan fingerprint density at radius 2 is 1.67 bits per heavy atom. The van der Waals surface area contributed by atoms with Crippen molar-refractivity contribution in [1.82, 2.24) is 4.72 Å². The third-order valence-electron chi connectivity index (χ3n) is 4.74. The average molecular weight is 532 g/mol. The van der Waals surface area contributed by atoms with Gasteiger partial charge in [-0.2, -0.15) is 4.72 Å². The Morgan fingerprint density at radius 3 is 2.28 bits per heavy atom. The molecule has 10 nitrogen and oxygen atoms in total. The van der Waals surface area contributed by atoms with Gasteiger partial charge in [-0.3, -0.25) is 9.59 Å². The molecule has 1 aliphatic rings. The van der Waals surface area contributed by atoms with Crippen molar-refractivity contribution < 1.29 is 50.1 Å². The number of sulfonamides is 1. The van der Waals surface area contributed by atoms with Crippen molar-refractivity contribution in [3.05, 3.63) is 42.5 Å². The lowest BCUT2D eigenvalue weighted by Gasteiger charge is -2.22. The van der Waals surface area contributed by atoms with Gasteiger partial charge in [-0.05, 0) is 42.3 Å². The molecule has 196 valence electrons. The molecule has 3 rings (SSSR count). The summed E-state index contributed by atoms with van der Waals surface area (Å²) in [5, 5.41) is 2.34. The van der Waals surface area contributed by atoms with Crippen LogP contribution in [0.1, 0.15) is 13.8 Å². The molecule has 1 atom stereocenters. The maximum absolute atomic E-state index is 12.9. The number of halogens is 3. The van der Waals surface area contributed by atoms with Crippen LogP contribution in [0, 0.1) is 5.92 Å².